The third-order valence-electron chi connectivity index (χ3n) is 2.71. The van der Waals surface area contributed by atoms with Gasteiger partial charge in [-0.25, -0.2) is 0 Å². The second-order valence-corrected chi connectivity index (χ2v) is 6.31. The maximum absolute atomic E-state index is 12.2. The van der Waals surface area contributed by atoms with Crippen molar-refractivity contribution in [2.45, 2.75) is 18.6 Å². The van der Waals surface area contributed by atoms with Crippen LogP contribution in [0.3, 0.4) is 0 Å². The van der Waals surface area contributed by atoms with E-state index < -0.39 is 10.0 Å². The molecule has 2 aromatic rings. The van der Waals surface area contributed by atoms with Crippen LogP contribution in [-0.4, -0.2) is 15.5 Å². The number of hydrogen-bond acceptors (Lipinski definition) is 4. The van der Waals surface area contributed by atoms with Crippen molar-refractivity contribution in [3.8, 4) is 0 Å². The van der Waals surface area contributed by atoms with E-state index >= 15 is 0 Å². The lowest BCUT2D eigenvalue weighted by molar-refractivity contribution is 0.408. The maximum Gasteiger partial charge on any atom is 0.295 e. The molecule has 0 fully saturated rings. The molecule has 1 heterocycles. The molecule has 1 aromatic carbocycles. The van der Waals surface area contributed by atoms with Gasteiger partial charge in [-0.1, -0.05) is 23.7 Å². The van der Waals surface area contributed by atoms with Crippen LogP contribution in [0.4, 0.5) is 5.69 Å². The van der Waals surface area contributed by atoms with Crippen molar-refractivity contribution >= 4 is 27.3 Å². The van der Waals surface area contributed by atoms with Gasteiger partial charge in [0.05, 0.1) is 17.3 Å². The Labute approximate surface area is 123 Å². The molecule has 2 N–H and O–H groups in total. The van der Waals surface area contributed by atoms with E-state index in [0.717, 1.165) is 5.56 Å². The summed E-state index contributed by atoms with van der Waals surface area (Å²) in [5.74, 6) is 0.545. The fraction of sp³-hybridized carbons (Fsp3) is 0.231. The van der Waals surface area contributed by atoms with Gasteiger partial charge in [0.2, 0.25) is 5.09 Å². The molecule has 0 unspecified atom stereocenters. The summed E-state index contributed by atoms with van der Waals surface area (Å²) < 4.78 is 32.2. The summed E-state index contributed by atoms with van der Waals surface area (Å²) in [6.45, 7) is 2.24. The largest absolute Gasteiger partial charge is 0.446 e. The van der Waals surface area contributed by atoms with Crippen molar-refractivity contribution in [3.63, 3.8) is 0 Å². The molecule has 1 aromatic heterocycles. The van der Waals surface area contributed by atoms with Crippen LogP contribution >= 0.6 is 11.6 Å². The average molecular weight is 315 g/mol. The molecule has 0 aliphatic carbocycles. The zero-order valence-corrected chi connectivity index (χ0v) is 12.7. The highest BCUT2D eigenvalue weighted by molar-refractivity contribution is 7.92. The van der Waals surface area contributed by atoms with Crippen molar-refractivity contribution in [1.29, 1.82) is 0 Å². The molecule has 0 bridgehead atoms. The molecule has 0 amide bonds. The number of benzene rings is 1. The van der Waals surface area contributed by atoms with Gasteiger partial charge in [0.25, 0.3) is 10.0 Å². The Hall–Kier alpha value is -1.50. The van der Waals surface area contributed by atoms with E-state index in [1.54, 1.807) is 38.2 Å². The number of sulfonamides is 1. The molecule has 5 nitrogen and oxygen atoms in total. The average Bonchev–Trinajstić information content (AvgIpc) is 2.84. The molecular weight excluding hydrogens is 300 g/mol. The molecule has 7 heteroatoms. The molecule has 108 valence electrons. The van der Waals surface area contributed by atoms with Crippen molar-refractivity contribution < 1.29 is 12.8 Å². The van der Waals surface area contributed by atoms with Gasteiger partial charge in [-0.2, -0.15) is 8.42 Å². The SMILES string of the molecule is CNCc1ccc(S(=O)(=O)Nc2c(C)cccc2Cl)o1. The summed E-state index contributed by atoms with van der Waals surface area (Å²) >= 11 is 6.01. The van der Waals surface area contributed by atoms with E-state index in [1.807, 2.05) is 0 Å². The number of aryl methyl sites for hydroxylation is 1. The Morgan fingerprint density at radius 3 is 2.65 bits per heavy atom. The lowest BCUT2D eigenvalue weighted by Gasteiger charge is -2.10. The van der Waals surface area contributed by atoms with Crippen molar-refractivity contribution in [3.05, 3.63) is 46.7 Å². The van der Waals surface area contributed by atoms with Gasteiger partial charge in [-0.05, 0) is 37.7 Å². The normalized spacial score (nSPS) is 11.6. The monoisotopic (exact) mass is 314 g/mol. The van der Waals surface area contributed by atoms with Crippen LogP contribution in [0.5, 0.6) is 0 Å². The first-order valence-electron chi connectivity index (χ1n) is 5.95. The number of anilines is 1. The summed E-state index contributed by atoms with van der Waals surface area (Å²) in [6, 6.07) is 8.19. The molecule has 0 radical (unpaired) electrons. The topological polar surface area (TPSA) is 71.3 Å². The smallest absolute Gasteiger partial charge is 0.295 e. The zero-order valence-electron chi connectivity index (χ0n) is 11.1. The first kappa shape index (κ1) is 14.9. The lowest BCUT2D eigenvalue weighted by atomic mass is 10.2. The predicted octanol–water partition coefficient (Wildman–Crippen LogP) is 2.76. The summed E-state index contributed by atoms with van der Waals surface area (Å²) in [4.78, 5) is 0. The highest BCUT2D eigenvalue weighted by atomic mass is 35.5. The van der Waals surface area contributed by atoms with Gasteiger partial charge < -0.3 is 9.73 Å². The molecule has 0 atom stereocenters. The fourth-order valence-corrected chi connectivity index (χ4v) is 3.15. The van der Waals surface area contributed by atoms with Crippen LogP contribution in [0.15, 0.2) is 39.8 Å². The number of nitrogens with one attached hydrogen (secondary N) is 2. The number of furan rings is 1. The third-order valence-corrected chi connectivity index (χ3v) is 4.25. The second-order valence-electron chi connectivity index (χ2n) is 4.29. The summed E-state index contributed by atoms with van der Waals surface area (Å²) in [5, 5.41) is 3.09. The summed E-state index contributed by atoms with van der Waals surface area (Å²) in [6.07, 6.45) is 0. The molecule has 0 aliphatic heterocycles. The number of para-hydroxylation sites is 1. The van der Waals surface area contributed by atoms with Gasteiger partial charge in [0, 0.05) is 0 Å². The Balaban J connectivity index is 2.31. The van der Waals surface area contributed by atoms with E-state index in [0.29, 0.717) is 23.0 Å². The van der Waals surface area contributed by atoms with Crippen LogP contribution in [0, 0.1) is 6.92 Å². The molecule has 0 saturated heterocycles. The van der Waals surface area contributed by atoms with Gasteiger partial charge in [0.1, 0.15) is 5.76 Å². The van der Waals surface area contributed by atoms with E-state index in [1.165, 1.54) is 6.07 Å². The number of hydrogen-bond donors (Lipinski definition) is 2. The first-order chi connectivity index (χ1) is 9.44. The van der Waals surface area contributed by atoms with Gasteiger partial charge >= 0.3 is 0 Å². The molecular formula is C13H15ClN2O3S. The van der Waals surface area contributed by atoms with Crippen molar-refractivity contribution in [1.82, 2.24) is 5.32 Å². The number of rotatable bonds is 5. The molecule has 0 spiro atoms. The minimum atomic E-state index is -3.78. The molecule has 2 rings (SSSR count). The Morgan fingerprint density at radius 1 is 1.25 bits per heavy atom. The Morgan fingerprint density at radius 2 is 2.00 bits per heavy atom. The predicted molar refractivity (Wildman–Crippen MR) is 78.5 cm³/mol. The molecule has 0 aliphatic rings. The van der Waals surface area contributed by atoms with Gasteiger partial charge in [-0.3, -0.25) is 4.72 Å². The minimum Gasteiger partial charge on any atom is -0.446 e. The fourth-order valence-electron chi connectivity index (χ4n) is 1.72. The highest BCUT2D eigenvalue weighted by Crippen LogP contribution is 2.28. The minimum absolute atomic E-state index is 0.137. The van der Waals surface area contributed by atoms with Crippen molar-refractivity contribution in [2.24, 2.45) is 0 Å². The highest BCUT2D eigenvalue weighted by Gasteiger charge is 2.20. The first-order valence-corrected chi connectivity index (χ1v) is 7.81. The lowest BCUT2D eigenvalue weighted by Crippen LogP contribution is -2.13. The van der Waals surface area contributed by atoms with E-state index in [4.69, 9.17) is 16.0 Å². The van der Waals surface area contributed by atoms with Gasteiger partial charge in [-0.15, -0.1) is 0 Å². The Bertz CT molecular complexity index is 690. The van der Waals surface area contributed by atoms with E-state index in [9.17, 15) is 8.42 Å². The van der Waals surface area contributed by atoms with Gasteiger partial charge in [0.15, 0.2) is 0 Å². The van der Waals surface area contributed by atoms with Crippen molar-refractivity contribution in [2.75, 3.05) is 11.8 Å². The van der Waals surface area contributed by atoms with Crippen LogP contribution in [0.25, 0.3) is 0 Å². The maximum atomic E-state index is 12.2. The summed E-state index contributed by atoms with van der Waals surface area (Å²) in [5.41, 5.74) is 1.10. The third kappa shape index (κ3) is 3.15. The van der Waals surface area contributed by atoms with E-state index in [2.05, 4.69) is 10.0 Å². The zero-order chi connectivity index (χ0) is 14.8. The van der Waals surface area contributed by atoms with Crippen LogP contribution in [0.1, 0.15) is 11.3 Å². The van der Waals surface area contributed by atoms with E-state index in [-0.39, 0.29) is 5.09 Å². The molecule has 20 heavy (non-hydrogen) atoms. The van der Waals surface area contributed by atoms with Crippen LogP contribution in [-0.2, 0) is 16.6 Å². The van der Waals surface area contributed by atoms with Crippen LogP contribution in [0.2, 0.25) is 5.02 Å². The second kappa shape index (κ2) is 5.87. The number of halogens is 1. The summed E-state index contributed by atoms with van der Waals surface area (Å²) in [7, 11) is -2.03. The quantitative estimate of drug-likeness (QED) is 0.890. The van der Waals surface area contributed by atoms with Crippen LogP contribution < -0.4 is 10.0 Å². The standard InChI is InChI=1S/C13H15ClN2O3S/c1-9-4-3-5-11(14)13(9)16-20(17,18)12-7-6-10(19-12)8-15-2/h3-7,15-16H,8H2,1-2H3. The Kier molecular flexibility index (Phi) is 4.37. The molecule has 0 saturated carbocycles.